The number of nitrogens with zero attached hydrogens (tertiary/aromatic N) is 7. The predicted molar refractivity (Wildman–Crippen MR) is 242 cm³/mol. The highest BCUT2D eigenvalue weighted by Gasteiger charge is 2.53. The highest BCUT2D eigenvalue weighted by molar-refractivity contribution is 7.03. The summed E-state index contributed by atoms with van der Waals surface area (Å²) in [5.74, 6) is 1.32. The summed E-state index contributed by atoms with van der Waals surface area (Å²) in [5.41, 5.74) is -0.630. The van der Waals surface area contributed by atoms with Gasteiger partial charge in [-0.05, 0) is 89.8 Å². The minimum Gasteiger partial charge on any atom is -0.494 e. The van der Waals surface area contributed by atoms with E-state index in [1.807, 2.05) is 54.7 Å². The van der Waals surface area contributed by atoms with Crippen LogP contribution in [0.1, 0.15) is 86.8 Å². The van der Waals surface area contributed by atoms with Crippen molar-refractivity contribution in [2.75, 3.05) is 27.3 Å². The lowest BCUT2D eigenvalue weighted by Crippen LogP contribution is -2.63. The Bertz CT molecular complexity index is 2060. The summed E-state index contributed by atoms with van der Waals surface area (Å²) < 4.78 is 36.6. The second kappa shape index (κ2) is 22.4. The first kappa shape index (κ1) is 51.6. The van der Waals surface area contributed by atoms with Crippen molar-refractivity contribution in [3.05, 3.63) is 41.5 Å². The SMILES string of the molecule is C#CN(N)[C@@H]1[C@@H](C)C(=O)[C@H](C)C[C@@](C)(OC)[C@H](O[C@@H]2O[C@H](C)C[C@H](N(C)CCc3cn(CCCOc4ccc(-c5csnn5)cc4)nn3)[C@H]2O)[C@@H](C)C(=O)[C@@H](C)C(=O)O[C@H](CC)[C@@]1(C)O. The molecule has 18 nitrogen and oxygen atoms in total. The lowest BCUT2D eigenvalue weighted by Gasteiger charge is -2.47. The number of hydrazine groups is 1. The van der Waals surface area contributed by atoms with Crippen molar-refractivity contribution in [1.29, 1.82) is 0 Å². The number of hydrogen-bond acceptors (Lipinski definition) is 18. The standard InChI is InChI=1S/C46H68N8O10S/c1-12-37-46(9,59)41(54(47)13-2)29(5)38(55)27(3)24-45(8,60-11)42(30(6)39(56)31(7)43(58)63-37)64-44-40(57)36(23-28(4)62-44)52(10)21-19-33-25-53(50-48-33)20-14-22-61-34-17-15-32(16-18-34)35-26-65-51-49-35/h2,15-18,25-31,36-37,40-42,44,57,59H,12,14,19-24,47H2,1,3-11H3/t27-,28-,29+,30+,31-,36+,37-,40-,41-,42-,44+,45-,46-/m1/s1. The van der Waals surface area contributed by atoms with Gasteiger partial charge >= 0.3 is 5.97 Å². The minimum absolute atomic E-state index is 0.0519. The van der Waals surface area contributed by atoms with Gasteiger partial charge in [-0.15, -0.1) is 10.2 Å². The molecule has 0 unspecified atom stereocenters. The van der Waals surface area contributed by atoms with E-state index >= 15 is 0 Å². The summed E-state index contributed by atoms with van der Waals surface area (Å²) in [4.78, 5) is 44.4. The van der Waals surface area contributed by atoms with E-state index in [-0.39, 0.29) is 24.7 Å². The van der Waals surface area contributed by atoms with Gasteiger partial charge in [-0.2, -0.15) is 0 Å². The van der Waals surface area contributed by atoms with Crippen LogP contribution in [-0.4, -0.2) is 144 Å². The van der Waals surface area contributed by atoms with E-state index < -0.39 is 83.3 Å². The number of Topliss-reactive ketones (excluding diaryl/α,β-unsaturated/α-hetero) is 2. The number of methoxy groups -OCH3 is 1. The molecule has 0 saturated carbocycles. The van der Waals surface area contributed by atoms with Gasteiger partial charge < -0.3 is 38.8 Å². The number of aryl methyl sites for hydroxylation is 1. The molecule has 4 N–H and O–H groups in total. The maximum absolute atomic E-state index is 14.3. The number of carbonyl (C=O) groups excluding carboxylic acids is 3. The van der Waals surface area contributed by atoms with Gasteiger partial charge in [-0.1, -0.05) is 43.8 Å². The number of nitrogens with two attached hydrogens (primary N) is 1. The summed E-state index contributed by atoms with van der Waals surface area (Å²) in [6, 6.07) is 8.46. The summed E-state index contributed by atoms with van der Waals surface area (Å²) in [5, 5.41) is 39.5. The first-order chi connectivity index (χ1) is 30.8. The van der Waals surface area contributed by atoms with Gasteiger partial charge in [0.2, 0.25) is 0 Å². The highest BCUT2D eigenvalue weighted by Crippen LogP contribution is 2.39. The number of ether oxygens (including phenoxy) is 5. The van der Waals surface area contributed by atoms with Crippen LogP contribution in [0.5, 0.6) is 5.75 Å². The zero-order valence-electron chi connectivity index (χ0n) is 39.3. The molecule has 19 heteroatoms. The average molecular weight is 925 g/mol. The molecule has 0 spiro atoms. The summed E-state index contributed by atoms with van der Waals surface area (Å²) >= 11 is 1.31. The molecule has 0 amide bonds. The van der Waals surface area contributed by atoms with E-state index in [0.29, 0.717) is 32.5 Å². The second-order valence-electron chi connectivity index (χ2n) is 18.2. The molecule has 3 aromatic rings. The molecule has 65 heavy (non-hydrogen) atoms. The van der Waals surface area contributed by atoms with Crippen LogP contribution in [0, 0.1) is 36.1 Å². The molecule has 2 saturated heterocycles. The molecule has 0 aliphatic carbocycles. The van der Waals surface area contributed by atoms with E-state index in [0.717, 1.165) is 34.1 Å². The number of ketones is 2. The number of likely N-dealkylation sites (N-methyl/N-ethyl adjacent to an activating group) is 1. The van der Waals surface area contributed by atoms with Gasteiger partial charge in [0.1, 0.15) is 41.0 Å². The van der Waals surface area contributed by atoms with Crippen LogP contribution in [0.15, 0.2) is 35.8 Å². The smallest absolute Gasteiger partial charge is 0.316 e. The Kier molecular flexibility index (Phi) is 17.8. The van der Waals surface area contributed by atoms with E-state index in [4.69, 9.17) is 36.0 Å². The number of aliphatic hydroxyl groups is 2. The number of benzene rings is 1. The molecule has 2 fully saturated rings. The monoisotopic (exact) mass is 924 g/mol. The van der Waals surface area contributed by atoms with Crippen LogP contribution in [-0.2, 0) is 46.3 Å². The Morgan fingerprint density at radius 2 is 1.78 bits per heavy atom. The van der Waals surface area contributed by atoms with Crippen LogP contribution < -0.4 is 10.6 Å². The Hall–Kier alpha value is -4.39. The van der Waals surface area contributed by atoms with Crippen molar-refractivity contribution >= 4 is 29.1 Å². The molecular weight excluding hydrogens is 857 g/mol. The van der Waals surface area contributed by atoms with Crippen molar-refractivity contribution < 1.29 is 48.3 Å². The van der Waals surface area contributed by atoms with Crippen LogP contribution >= 0.6 is 11.5 Å². The van der Waals surface area contributed by atoms with E-state index in [2.05, 4.69) is 25.9 Å². The maximum atomic E-state index is 14.3. The topological polar surface area (TPSA) is 227 Å². The fourth-order valence-electron chi connectivity index (χ4n) is 9.41. The first-order valence-corrected chi connectivity index (χ1v) is 23.2. The normalized spacial score (nSPS) is 33.0. The Morgan fingerprint density at radius 3 is 2.42 bits per heavy atom. The third kappa shape index (κ3) is 12.1. The maximum Gasteiger partial charge on any atom is 0.316 e. The Balaban J connectivity index is 1.27. The number of hydrogen-bond donors (Lipinski definition) is 3. The lowest BCUT2D eigenvalue weighted by molar-refractivity contribution is -0.296. The number of rotatable bonds is 15. The molecule has 0 bridgehead atoms. The quantitative estimate of drug-likeness (QED) is 0.0376. The largest absolute Gasteiger partial charge is 0.494 e. The van der Waals surface area contributed by atoms with Crippen LogP contribution in [0.25, 0.3) is 11.3 Å². The second-order valence-corrected chi connectivity index (χ2v) is 18.8. The zero-order valence-corrected chi connectivity index (χ0v) is 40.1. The Labute approximate surface area is 386 Å². The summed E-state index contributed by atoms with van der Waals surface area (Å²) in [6.45, 7) is 14.8. The van der Waals surface area contributed by atoms with Gasteiger partial charge in [-0.3, -0.25) is 24.1 Å². The molecule has 358 valence electrons. The molecule has 2 aromatic heterocycles. The van der Waals surface area contributed by atoms with Crippen molar-refractivity contribution in [2.45, 2.75) is 148 Å². The molecule has 0 radical (unpaired) electrons. The highest BCUT2D eigenvalue weighted by atomic mass is 32.1. The van der Waals surface area contributed by atoms with Gasteiger partial charge in [0.25, 0.3) is 0 Å². The van der Waals surface area contributed by atoms with E-state index in [9.17, 15) is 24.6 Å². The summed E-state index contributed by atoms with van der Waals surface area (Å²) in [6.07, 6.45) is 4.54. The van der Waals surface area contributed by atoms with Crippen molar-refractivity contribution in [2.24, 2.45) is 29.5 Å². The van der Waals surface area contributed by atoms with E-state index in [1.54, 1.807) is 39.3 Å². The number of esters is 1. The van der Waals surface area contributed by atoms with Gasteiger partial charge in [0.05, 0.1) is 36.2 Å². The van der Waals surface area contributed by atoms with Gasteiger partial charge in [0.15, 0.2) is 12.1 Å². The van der Waals surface area contributed by atoms with Crippen molar-refractivity contribution in [3.63, 3.8) is 0 Å². The third-order valence-corrected chi connectivity index (χ3v) is 13.8. The molecule has 2 aliphatic heterocycles. The van der Waals surface area contributed by atoms with Crippen LogP contribution in [0.2, 0.25) is 0 Å². The molecule has 13 atom stereocenters. The number of cyclic esters (lactones) is 1. The fourth-order valence-corrected chi connectivity index (χ4v) is 9.87. The third-order valence-electron chi connectivity index (χ3n) is 13.3. The average Bonchev–Trinajstić information content (AvgIpc) is 4.00. The molecule has 5 rings (SSSR count). The lowest BCUT2D eigenvalue weighted by atomic mass is 9.73. The number of carbonyl (C=O) groups is 3. The molecule has 2 aliphatic rings. The molecule has 1 aromatic carbocycles. The van der Waals surface area contributed by atoms with Crippen molar-refractivity contribution in [3.8, 4) is 29.5 Å². The van der Waals surface area contributed by atoms with Crippen LogP contribution in [0.4, 0.5) is 0 Å². The fraction of sp³-hybridized carbons (Fsp3) is 0.674. The summed E-state index contributed by atoms with van der Waals surface area (Å²) in [7, 11) is 3.37. The minimum atomic E-state index is -1.89. The molecular formula is C46H68N8O10S. The van der Waals surface area contributed by atoms with Crippen molar-refractivity contribution in [1.82, 2.24) is 34.5 Å². The number of aromatic nitrogens is 5. The Morgan fingerprint density at radius 1 is 1.08 bits per heavy atom. The predicted octanol–water partition coefficient (Wildman–Crippen LogP) is 3.69. The van der Waals surface area contributed by atoms with Gasteiger partial charge in [-0.25, -0.2) is 5.84 Å². The zero-order chi connectivity index (χ0) is 47.8. The number of terminal acetylenes is 1. The van der Waals surface area contributed by atoms with Gasteiger partial charge in [0, 0.05) is 80.0 Å². The number of aliphatic hydroxyl groups excluding tert-OH is 1. The first-order valence-electron chi connectivity index (χ1n) is 22.4. The van der Waals surface area contributed by atoms with E-state index in [1.165, 1.54) is 32.5 Å². The molecule has 4 heterocycles. The van der Waals surface area contributed by atoms with Crippen LogP contribution in [0.3, 0.4) is 0 Å².